The summed E-state index contributed by atoms with van der Waals surface area (Å²) >= 11 is 5.79. The smallest absolute Gasteiger partial charge is 0.271 e. The normalized spacial score (nSPS) is 23.2. The van der Waals surface area contributed by atoms with Crippen LogP contribution in [0.4, 0.5) is 5.82 Å². The lowest BCUT2D eigenvalue weighted by Gasteiger charge is -2.07. The van der Waals surface area contributed by atoms with Crippen LogP contribution in [0.25, 0.3) is 0 Å². The van der Waals surface area contributed by atoms with Crippen molar-refractivity contribution in [3.8, 4) is 0 Å². The Morgan fingerprint density at radius 1 is 1.71 bits per heavy atom. The lowest BCUT2D eigenvalue weighted by molar-refractivity contribution is 0.629. The van der Waals surface area contributed by atoms with Crippen molar-refractivity contribution in [1.29, 1.82) is 0 Å². The summed E-state index contributed by atoms with van der Waals surface area (Å²) in [4.78, 5) is 17.5. The molecule has 4 nitrogen and oxygen atoms in total. The van der Waals surface area contributed by atoms with E-state index in [1.807, 2.05) is 0 Å². The predicted octanol–water partition coefficient (Wildman–Crippen LogP) is 1.63. The van der Waals surface area contributed by atoms with Crippen LogP contribution in [0.3, 0.4) is 0 Å². The third kappa shape index (κ3) is 1.62. The molecule has 5 heteroatoms. The van der Waals surface area contributed by atoms with Gasteiger partial charge in [0.05, 0.1) is 6.33 Å². The number of hydrogen-bond acceptors (Lipinski definition) is 3. The van der Waals surface area contributed by atoms with Gasteiger partial charge in [-0.3, -0.25) is 4.79 Å². The molecule has 0 saturated heterocycles. The number of rotatable bonds is 2. The molecule has 0 aromatic carbocycles. The van der Waals surface area contributed by atoms with E-state index >= 15 is 0 Å². The zero-order valence-electron chi connectivity index (χ0n) is 8.10. The molecule has 0 aliphatic heterocycles. The van der Waals surface area contributed by atoms with Crippen LogP contribution in [0, 0.1) is 5.41 Å². The van der Waals surface area contributed by atoms with Gasteiger partial charge in [-0.2, -0.15) is 0 Å². The highest BCUT2D eigenvalue weighted by Gasteiger charge is 2.46. The highest BCUT2D eigenvalue weighted by molar-refractivity contribution is 6.32. The van der Waals surface area contributed by atoms with Crippen molar-refractivity contribution in [1.82, 2.24) is 9.97 Å². The quantitative estimate of drug-likeness (QED) is 0.785. The van der Waals surface area contributed by atoms with Crippen LogP contribution in [-0.2, 0) is 0 Å². The van der Waals surface area contributed by atoms with Crippen LogP contribution in [0.15, 0.2) is 11.1 Å². The molecule has 1 unspecified atom stereocenters. The van der Waals surface area contributed by atoms with Gasteiger partial charge in [-0.15, -0.1) is 0 Å². The standard InChI is InChI=1S/C9H12ClN3O/c1-9(2)3-5(9)13-7-6(10)8(14)12-4-11-7/h4-5H,3H2,1-2H3,(H2,11,12,13,14). The van der Waals surface area contributed by atoms with Crippen LogP contribution in [0.5, 0.6) is 0 Å². The zero-order valence-corrected chi connectivity index (χ0v) is 8.85. The Balaban J connectivity index is 2.19. The molecular formula is C9H12ClN3O. The van der Waals surface area contributed by atoms with E-state index in [9.17, 15) is 4.79 Å². The van der Waals surface area contributed by atoms with Gasteiger partial charge in [-0.25, -0.2) is 4.98 Å². The van der Waals surface area contributed by atoms with Gasteiger partial charge in [0.1, 0.15) is 5.02 Å². The third-order valence-electron chi connectivity index (χ3n) is 2.62. The maximum Gasteiger partial charge on any atom is 0.271 e. The molecule has 1 fully saturated rings. The fourth-order valence-corrected chi connectivity index (χ4v) is 1.52. The average Bonchev–Trinajstić information content (AvgIpc) is 2.68. The van der Waals surface area contributed by atoms with Crippen LogP contribution in [0.1, 0.15) is 20.3 Å². The van der Waals surface area contributed by atoms with Crippen LogP contribution >= 0.6 is 11.6 Å². The van der Waals surface area contributed by atoms with Gasteiger partial charge in [0.2, 0.25) is 0 Å². The molecule has 1 aromatic rings. The molecule has 0 radical (unpaired) electrons. The summed E-state index contributed by atoms with van der Waals surface area (Å²) in [5.74, 6) is 0.478. The lowest BCUT2D eigenvalue weighted by Crippen LogP contribution is -2.15. The second-order valence-corrected chi connectivity index (χ2v) is 4.66. The van der Waals surface area contributed by atoms with E-state index < -0.39 is 0 Å². The fourth-order valence-electron chi connectivity index (χ4n) is 1.36. The first kappa shape index (κ1) is 9.52. The van der Waals surface area contributed by atoms with Gasteiger partial charge >= 0.3 is 0 Å². The average molecular weight is 214 g/mol. The van der Waals surface area contributed by atoms with Crippen LogP contribution in [-0.4, -0.2) is 16.0 Å². The van der Waals surface area contributed by atoms with Crippen molar-refractivity contribution in [2.24, 2.45) is 5.41 Å². The zero-order chi connectivity index (χ0) is 10.3. The SMILES string of the molecule is CC1(C)CC1Nc1nc[nH]c(=O)c1Cl. The maximum atomic E-state index is 11.1. The van der Waals surface area contributed by atoms with Gasteiger partial charge in [0, 0.05) is 6.04 Å². The van der Waals surface area contributed by atoms with Gasteiger partial charge in [-0.1, -0.05) is 25.4 Å². The Hall–Kier alpha value is -1.03. The Kier molecular flexibility index (Phi) is 2.03. The minimum absolute atomic E-state index is 0.134. The van der Waals surface area contributed by atoms with E-state index in [1.165, 1.54) is 6.33 Å². The fraction of sp³-hybridized carbons (Fsp3) is 0.556. The molecule has 2 N–H and O–H groups in total. The summed E-state index contributed by atoms with van der Waals surface area (Å²) in [7, 11) is 0. The highest BCUT2D eigenvalue weighted by Crippen LogP contribution is 2.46. The van der Waals surface area contributed by atoms with Crippen LogP contribution < -0.4 is 10.9 Å². The van der Waals surface area contributed by atoms with E-state index in [1.54, 1.807) is 0 Å². The topological polar surface area (TPSA) is 57.8 Å². The predicted molar refractivity (Wildman–Crippen MR) is 55.7 cm³/mol. The first-order chi connectivity index (χ1) is 6.50. The number of aromatic nitrogens is 2. The lowest BCUT2D eigenvalue weighted by atomic mass is 10.2. The Labute approximate surface area is 86.7 Å². The minimum atomic E-state index is -0.303. The number of anilines is 1. The van der Waals surface area contributed by atoms with Crippen molar-refractivity contribution in [2.45, 2.75) is 26.3 Å². The van der Waals surface area contributed by atoms with Crippen molar-refractivity contribution < 1.29 is 0 Å². The molecule has 14 heavy (non-hydrogen) atoms. The number of H-pyrrole nitrogens is 1. The number of nitrogens with zero attached hydrogens (tertiary/aromatic N) is 1. The maximum absolute atomic E-state index is 11.1. The largest absolute Gasteiger partial charge is 0.365 e. The summed E-state index contributed by atoms with van der Waals surface area (Å²) in [5.41, 5.74) is -0.0178. The number of halogens is 1. The Morgan fingerprint density at radius 3 is 2.93 bits per heavy atom. The molecular weight excluding hydrogens is 202 g/mol. The van der Waals surface area contributed by atoms with Gasteiger partial charge in [0.25, 0.3) is 5.56 Å². The Bertz CT molecular complexity index is 413. The number of hydrogen-bond donors (Lipinski definition) is 2. The van der Waals surface area contributed by atoms with E-state index in [0.29, 0.717) is 11.9 Å². The van der Waals surface area contributed by atoms with Gasteiger partial charge in [-0.05, 0) is 11.8 Å². The highest BCUT2D eigenvalue weighted by atomic mass is 35.5. The van der Waals surface area contributed by atoms with E-state index in [0.717, 1.165) is 6.42 Å². The van der Waals surface area contributed by atoms with Gasteiger partial charge in [0.15, 0.2) is 5.82 Å². The molecule has 1 aromatic heterocycles. The second-order valence-electron chi connectivity index (χ2n) is 4.28. The summed E-state index contributed by atoms with van der Waals surface area (Å²) in [6.45, 7) is 4.32. The molecule has 2 rings (SSSR count). The Morgan fingerprint density at radius 2 is 2.36 bits per heavy atom. The molecule has 1 heterocycles. The molecule has 76 valence electrons. The van der Waals surface area contributed by atoms with E-state index in [-0.39, 0.29) is 16.0 Å². The molecule has 1 aliphatic carbocycles. The van der Waals surface area contributed by atoms with E-state index in [4.69, 9.17) is 11.6 Å². The number of nitrogens with one attached hydrogen (secondary N) is 2. The summed E-state index contributed by atoms with van der Waals surface area (Å²) in [6.07, 6.45) is 2.43. The summed E-state index contributed by atoms with van der Waals surface area (Å²) < 4.78 is 0. The van der Waals surface area contributed by atoms with Crippen molar-refractivity contribution in [3.63, 3.8) is 0 Å². The first-order valence-electron chi connectivity index (χ1n) is 4.50. The van der Waals surface area contributed by atoms with Gasteiger partial charge < -0.3 is 10.3 Å². The first-order valence-corrected chi connectivity index (χ1v) is 4.88. The van der Waals surface area contributed by atoms with Crippen molar-refractivity contribution in [3.05, 3.63) is 21.7 Å². The van der Waals surface area contributed by atoms with Crippen LogP contribution in [0.2, 0.25) is 5.02 Å². The summed E-state index contributed by atoms with van der Waals surface area (Å²) in [5, 5.41) is 3.29. The molecule has 1 saturated carbocycles. The minimum Gasteiger partial charge on any atom is -0.365 e. The van der Waals surface area contributed by atoms with E-state index in [2.05, 4.69) is 29.1 Å². The number of aromatic amines is 1. The molecule has 1 aliphatic rings. The summed E-state index contributed by atoms with van der Waals surface area (Å²) in [6, 6.07) is 0.370. The molecule has 0 spiro atoms. The monoisotopic (exact) mass is 213 g/mol. The van der Waals surface area contributed by atoms with Crippen molar-refractivity contribution in [2.75, 3.05) is 5.32 Å². The second kappa shape index (κ2) is 2.98. The molecule has 0 amide bonds. The van der Waals surface area contributed by atoms with Crippen molar-refractivity contribution >= 4 is 17.4 Å². The third-order valence-corrected chi connectivity index (χ3v) is 2.97. The molecule has 0 bridgehead atoms. The molecule has 1 atom stereocenters.